The number of halogens is 6. The lowest BCUT2D eigenvalue weighted by atomic mass is 9.99. The van der Waals surface area contributed by atoms with E-state index < -0.39 is 52.1 Å². The van der Waals surface area contributed by atoms with E-state index in [0.29, 0.717) is 12.1 Å². The predicted molar refractivity (Wildman–Crippen MR) is 110 cm³/mol. The van der Waals surface area contributed by atoms with Gasteiger partial charge in [-0.2, -0.15) is 13.2 Å². The summed E-state index contributed by atoms with van der Waals surface area (Å²) in [6.07, 6.45) is -3.65. The highest BCUT2D eigenvalue weighted by molar-refractivity contribution is 5.95. The zero-order valence-electron chi connectivity index (χ0n) is 17.9. The number of pyridine rings is 1. The van der Waals surface area contributed by atoms with E-state index in [9.17, 15) is 35.9 Å². The Kier molecular flexibility index (Phi) is 6.58. The number of carbonyl (C=O) groups is 1. The molecule has 4 nitrogen and oxygen atoms in total. The van der Waals surface area contributed by atoms with E-state index in [1.165, 1.54) is 17.2 Å². The van der Waals surface area contributed by atoms with Crippen molar-refractivity contribution in [2.45, 2.75) is 33.0 Å². The van der Waals surface area contributed by atoms with E-state index >= 15 is 0 Å². The summed E-state index contributed by atoms with van der Waals surface area (Å²) in [5.41, 5.74) is -2.38. The average Bonchev–Trinajstić information content (AvgIpc) is 2.72. The monoisotopic (exact) mass is 470 g/mol. The van der Waals surface area contributed by atoms with E-state index in [-0.39, 0.29) is 29.0 Å². The molecule has 3 aromatic rings. The van der Waals surface area contributed by atoms with Crippen LogP contribution < -0.4 is 5.56 Å². The number of rotatable bonds is 5. The Bertz CT molecular complexity index is 1270. The highest BCUT2D eigenvalue weighted by Gasteiger charge is 2.35. The Morgan fingerprint density at radius 3 is 2.27 bits per heavy atom. The molecular formula is C23H20F6N2O2. The highest BCUT2D eigenvalue weighted by Crippen LogP contribution is 2.33. The number of aromatic nitrogens is 1. The second-order valence-corrected chi connectivity index (χ2v) is 8.08. The fourth-order valence-corrected chi connectivity index (χ4v) is 3.67. The van der Waals surface area contributed by atoms with E-state index in [1.54, 1.807) is 20.8 Å². The van der Waals surface area contributed by atoms with Crippen molar-refractivity contribution in [3.8, 4) is 0 Å². The molecule has 10 heteroatoms. The van der Waals surface area contributed by atoms with Gasteiger partial charge >= 0.3 is 6.18 Å². The Morgan fingerprint density at radius 1 is 1.03 bits per heavy atom. The van der Waals surface area contributed by atoms with Gasteiger partial charge in [-0.3, -0.25) is 9.59 Å². The maximum Gasteiger partial charge on any atom is 0.419 e. The first-order chi connectivity index (χ1) is 15.3. The summed E-state index contributed by atoms with van der Waals surface area (Å²) in [5.74, 6) is -5.00. The van der Waals surface area contributed by atoms with Crippen LogP contribution in [0, 0.1) is 23.4 Å². The van der Waals surface area contributed by atoms with Crippen LogP contribution in [0.3, 0.4) is 0 Å². The normalized spacial score (nSPS) is 12.9. The molecule has 0 aliphatic rings. The summed E-state index contributed by atoms with van der Waals surface area (Å²) >= 11 is 0. The smallest absolute Gasteiger partial charge is 0.332 e. The molecule has 1 atom stereocenters. The molecular weight excluding hydrogens is 450 g/mol. The molecule has 33 heavy (non-hydrogen) atoms. The van der Waals surface area contributed by atoms with Gasteiger partial charge in [0.15, 0.2) is 11.6 Å². The summed E-state index contributed by atoms with van der Waals surface area (Å²) in [6.45, 7) is 5.27. The Balaban J connectivity index is 2.10. The highest BCUT2D eigenvalue weighted by atomic mass is 19.4. The molecule has 3 rings (SSSR count). The molecule has 1 amide bonds. The van der Waals surface area contributed by atoms with Gasteiger partial charge in [0, 0.05) is 18.3 Å². The van der Waals surface area contributed by atoms with Gasteiger partial charge < -0.3 is 9.88 Å². The second-order valence-electron chi connectivity index (χ2n) is 8.08. The standard InChI is InChI=1S/C23H20F6N2O2/c1-11(2)10-31(22(33)13-4-6-16(18(25)8-13)23(27,28)29)12(3)15-9-30-21(32)19-14(15)5-7-17(24)20(19)26/h4-9,11-12H,10H2,1-3H3,(H,30,32)/t12-/m1/s1. The molecule has 0 unspecified atom stereocenters. The van der Waals surface area contributed by atoms with Crippen LogP contribution in [-0.4, -0.2) is 22.3 Å². The Labute approximate surface area is 184 Å². The summed E-state index contributed by atoms with van der Waals surface area (Å²) in [6, 6.07) is 3.14. The molecule has 176 valence electrons. The van der Waals surface area contributed by atoms with E-state index in [0.717, 1.165) is 12.1 Å². The Morgan fingerprint density at radius 2 is 1.70 bits per heavy atom. The van der Waals surface area contributed by atoms with Gasteiger partial charge in [-0.1, -0.05) is 19.9 Å². The molecule has 1 N–H and O–H groups in total. The number of nitrogens with zero attached hydrogens (tertiary/aromatic N) is 1. The van der Waals surface area contributed by atoms with Crippen LogP contribution in [0.4, 0.5) is 26.3 Å². The number of alkyl halides is 3. The Hall–Kier alpha value is -3.30. The number of amides is 1. The van der Waals surface area contributed by atoms with Crippen LogP contribution in [-0.2, 0) is 6.18 Å². The SMILES string of the molecule is CC(C)CN(C(=O)c1ccc(C(F)(F)F)c(F)c1)[C@H](C)c1c[nH]c(=O)c2c(F)c(F)ccc12. The maximum absolute atomic E-state index is 14.3. The van der Waals surface area contributed by atoms with Crippen molar-refractivity contribution in [2.24, 2.45) is 5.92 Å². The molecule has 0 saturated heterocycles. The lowest BCUT2D eigenvalue weighted by molar-refractivity contribution is -0.140. The molecule has 0 radical (unpaired) electrons. The molecule has 0 saturated carbocycles. The molecule has 1 heterocycles. The summed E-state index contributed by atoms with van der Waals surface area (Å²) in [5, 5.41) is -0.442. The predicted octanol–water partition coefficient (Wildman–Crippen LogP) is 5.82. The van der Waals surface area contributed by atoms with Crippen LogP contribution in [0.15, 0.2) is 41.3 Å². The number of carbonyl (C=O) groups excluding carboxylic acids is 1. The van der Waals surface area contributed by atoms with Crippen molar-refractivity contribution in [2.75, 3.05) is 6.54 Å². The summed E-state index contributed by atoms with van der Waals surface area (Å²) in [4.78, 5) is 28.9. The van der Waals surface area contributed by atoms with Crippen molar-refractivity contribution >= 4 is 16.7 Å². The molecule has 0 fully saturated rings. The van der Waals surface area contributed by atoms with Crippen molar-refractivity contribution < 1.29 is 31.1 Å². The molecule has 2 aromatic carbocycles. The van der Waals surface area contributed by atoms with E-state index in [4.69, 9.17) is 0 Å². The van der Waals surface area contributed by atoms with Crippen LogP contribution in [0.1, 0.15) is 48.3 Å². The number of aromatic amines is 1. The zero-order valence-corrected chi connectivity index (χ0v) is 17.9. The van der Waals surface area contributed by atoms with Crippen molar-refractivity contribution in [3.63, 3.8) is 0 Å². The van der Waals surface area contributed by atoms with E-state index in [1.807, 2.05) is 0 Å². The molecule has 0 bridgehead atoms. The average molecular weight is 470 g/mol. The van der Waals surface area contributed by atoms with Crippen LogP contribution >= 0.6 is 0 Å². The van der Waals surface area contributed by atoms with Gasteiger partial charge in [-0.05, 0) is 48.1 Å². The molecule has 0 aliphatic heterocycles. The quantitative estimate of drug-likeness (QED) is 0.478. The van der Waals surface area contributed by atoms with Gasteiger partial charge in [0.25, 0.3) is 11.5 Å². The molecule has 0 spiro atoms. The number of hydrogen-bond acceptors (Lipinski definition) is 2. The third-order valence-corrected chi connectivity index (χ3v) is 5.25. The van der Waals surface area contributed by atoms with Gasteiger partial charge in [-0.25, -0.2) is 13.2 Å². The van der Waals surface area contributed by atoms with Crippen molar-refractivity contribution in [3.05, 3.63) is 81.0 Å². The number of hydrogen-bond donors (Lipinski definition) is 1. The largest absolute Gasteiger partial charge is 0.419 e. The third-order valence-electron chi connectivity index (χ3n) is 5.25. The summed E-state index contributed by atoms with van der Waals surface area (Å²) < 4.78 is 80.7. The van der Waals surface area contributed by atoms with Crippen molar-refractivity contribution in [1.82, 2.24) is 9.88 Å². The third kappa shape index (κ3) is 4.74. The van der Waals surface area contributed by atoms with E-state index in [2.05, 4.69) is 4.98 Å². The maximum atomic E-state index is 14.3. The lowest BCUT2D eigenvalue weighted by Gasteiger charge is -2.32. The van der Waals surface area contributed by atoms with Gasteiger partial charge in [0.05, 0.1) is 17.0 Å². The fourth-order valence-electron chi connectivity index (χ4n) is 3.67. The minimum absolute atomic E-state index is 0.0744. The first-order valence-electron chi connectivity index (χ1n) is 10.00. The number of benzene rings is 2. The van der Waals surface area contributed by atoms with Crippen molar-refractivity contribution in [1.29, 1.82) is 0 Å². The molecule has 0 aliphatic carbocycles. The van der Waals surface area contributed by atoms with Gasteiger partial charge in [0.2, 0.25) is 0 Å². The van der Waals surface area contributed by atoms with Crippen LogP contribution in [0.5, 0.6) is 0 Å². The topological polar surface area (TPSA) is 53.2 Å². The lowest BCUT2D eigenvalue weighted by Crippen LogP contribution is -2.37. The fraction of sp³-hybridized carbons (Fsp3) is 0.304. The van der Waals surface area contributed by atoms with Crippen LogP contribution in [0.25, 0.3) is 10.8 Å². The van der Waals surface area contributed by atoms with Crippen LogP contribution in [0.2, 0.25) is 0 Å². The minimum atomic E-state index is -4.91. The number of H-pyrrole nitrogens is 1. The number of fused-ring (bicyclic) bond motifs is 1. The van der Waals surface area contributed by atoms with Gasteiger partial charge in [-0.15, -0.1) is 0 Å². The minimum Gasteiger partial charge on any atom is -0.332 e. The first-order valence-corrected chi connectivity index (χ1v) is 10.00. The van der Waals surface area contributed by atoms with Gasteiger partial charge in [0.1, 0.15) is 5.82 Å². The second kappa shape index (κ2) is 8.92. The number of nitrogens with one attached hydrogen (secondary N) is 1. The zero-order chi connectivity index (χ0) is 24.7. The summed E-state index contributed by atoms with van der Waals surface area (Å²) in [7, 11) is 0. The molecule has 1 aromatic heterocycles. The first kappa shape index (κ1) is 24.3.